The number of aromatic nitrogens is 4. The maximum absolute atomic E-state index is 12.7. The van der Waals surface area contributed by atoms with Gasteiger partial charge in [-0.15, -0.1) is 0 Å². The molecule has 0 amide bonds. The number of methoxy groups -OCH3 is 1. The lowest BCUT2D eigenvalue weighted by atomic mass is 10.2. The van der Waals surface area contributed by atoms with Gasteiger partial charge in [-0.05, 0) is 30.3 Å². The molecule has 4 rings (SSSR count). The number of hydrogen-bond donors (Lipinski definition) is 2. The summed E-state index contributed by atoms with van der Waals surface area (Å²) >= 11 is 0. The van der Waals surface area contributed by atoms with Crippen LogP contribution in [0.15, 0.2) is 47.5 Å². The van der Waals surface area contributed by atoms with Gasteiger partial charge >= 0.3 is 0 Å². The van der Waals surface area contributed by atoms with Crippen LogP contribution in [0.25, 0.3) is 16.6 Å². The molecular weight excluding hydrogens is 334 g/mol. The van der Waals surface area contributed by atoms with Crippen molar-refractivity contribution in [3.63, 3.8) is 0 Å². The molecular formula is C18H17N5O3. The Bertz CT molecular complexity index is 1180. The minimum absolute atomic E-state index is 0.182. The third-order valence-corrected chi connectivity index (χ3v) is 4.30. The van der Waals surface area contributed by atoms with Crippen molar-refractivity contribution < 1.29 is 9.84 Å². The first-order chi connectivity index (χ1) is 12.6. The van der Waals surface area contributed by atoms with E-state index in [0.717, 1.165) is 16.6 Å². The van der Waals surface area contributed by atoms with Crippen molar-refractivity contribution in [2.45, 2.75) is 6.61 Å². The molecule has 0 radical (unpaired) electrons. The molecule has 132 valence electrons. The first kappa shape index (κ1) is 16.1. The molecule has 8 heteroatoms. The number of nitrogens with one attached hydrogen (secondary N) is 1. The molecule has 4 aromatic rings. The number of ether oxygens (including phenoxy) is 1. The SMILES string of the molecule is COc1cccn2c(=O)c(CO)c(Nc3ccc4c(cnn4C)c3)nc12. The van der Waals surface area contributed by atoms with Crippen molar-refractivity contribution in [2.24, 2.45) is 7.05 Å². The van der Waals surface area contributed by atoms with Crippen LogP contribution in [0.2, 0.25) is 0 Å². The first-order valence-electron chi connectivity index (χ1n) is 8.00. The van der Waals surface area contributed by atoms with E-state index >= 15 is 0 Å². The maximum Gasteiger partial charge on any atom is 0.265 e. The van der Waals surface area contributed by atoms with Gasteiger partial charge < -0.3 is 15.2 Å². The summed E-state index contributed by atoms with van der Waals surface area (Å²) in [5.74, 6) is 0.769. The Morgan fingerprint density at radius 2 is 2.15 bits per heavy atom. The number of fused-ring (bicyclic) bond motifs is 2. The number of pyridine rings is 1. The molecule has 0 saturated carbocycles. The van der Waals surface area contributed by atoms with Gasteiger partial charge in [0.15, 0.2) is 11.4 Å². The highest BCUT2D eigenvalue weighted by molar-refractivity contribution is 5.83. The standard InChI is InChI=1S/C18H17N5O3/c1-22-14-6-5-12(8-11(14)9-19-22)20-16-13(10-24)18(25)23-7-3-4-15(26-2)17(23)21-16/h3-9,20,24H,10H2,1-2H3. The zero-order chi connectivity index (χ0) is 18.3. The quantitative estimate of drug-likeness (QED) is 0.583. The number of aliphatic hydroxyl groups excluding tert-OH is 1. The van der Waals surface area contributed by atoms with Crippen LogP contribution < -0.4 is 15.6 Å². The molecule has 0 aliphatic heterocycles. The lowest BCUT2D eigenvalue weighted by Crippen LogP contribution is -2.22. The molecule has 3 heterocycles. The van der Waals surface area contributed by atoms with Crippen molar-refractivity contribution in [3.8, 4) is 5.75 Å². The average Bonchev–Trinajstić information content (AvgIpc) is 3.02. The molecule has 0 unspecified atom stereocenters. The van der Waals surface area contributed by atoms with Gasteiger partial charge in [0.2, 0.25) is 0 Å². The average molecular weight is 351 g/mol. The summed E-state index contributed by atoms with van der Waals surface area (Å²) in [6.07, 6.45) is 3.36. The highest BCUT2D eigenvalue weighted by Gasteiger charge is 2.15. The van der Waals surface area contributed by atoms with Crippen LogP contribution in [0.1, 0.15) is 5.56 Å². The van der Waals surface area contributed by atoms with E-state index in [4.69, 9.17) is 4.74 Å². The monoisotopic (exact) mass is 351 g/mol. The van der Waals surface area contributed by atoms with E-state index in [2.05, 4.69) is 15.4 Å². The van der Waals surface area contributed by atoms with E-state index < -0.39 is 6.61 Å². The zero-order valence-corrected chi connectivity index (χ0v) is 14.3. The second-order valence-corrected chi connectivity index (χ2v) is 5.84. The molecule has 0 atom stereocenters. The molecule has 26 heavy (non-hydrogen) atoms. The predicted octanol–water partition coefficient (Wildman–Crippen LogP) is 1.83. The third kappa shape index (κ3) is 2.47. The second kappa shape index (κ2) is 6.16. The van der Waals surface area contributed by atoms with Gasteiger partial charge in [-0.25, -0.2) is 4.98 Å². The number of benzene rings is 1. The van der Waals surface area contributed by atoms with Gasteiger partial charge in [0.05, 0.1) is 31.0 Å². The van der Waals surface area contributed by atoms with E-state index in [0.29, 0.717) is 17.2 Å². The van der Waals surface area contributed by atoms with Gasteiger partial charge in [-0.2, -0.15) is 5.10 Å². The molecule has 0 fully saturated rings. The summed E-state index contributed by atoms with van der Waals surface area (Å²) < 4.78 is 8.44. The van der Waals surface area contributed by atoms with Crippen LogP contribution >= 0.6 is 0 Å². The number of hydrogen-bond acceptors (Lipinski definition) is 6. The molecule has 0 aliphatic rings. The van der Waals surface area contributed by atoms with E-state index in [1.807, 2.05) is 25.2 Å². The summed E-state index contributed by atoms with van der Waals surface area (Å²) in [6.45, 7) is -0.427. The Kier molecular flexibility index (Phi) is 3.81. The van der Waals surface area contributed by atoms with Crippen molar-refractivity contribution in [1.29, 1.82) is 0 Å². The van der Waals surface area contributed by atoms with Crippen molar-refractivity contribution >= 4 is 28.1 Å². The molecule has 2 N–H and O–H groups in total. The number of aryl methyl sites for hydroxylation is 1. The lowest BCUT2D eigenvalue weighted by molar-refractivity contribution is 0.280. The normalized spacial score (nSPS) is 11.2. The fourth-order valence-corrected chi connectivity index (χ4v) is 2.96. The highest BCUT2D eigenvalue weighted by atomic mass is 16.5. The van der Waals surface area contributed by atoms with Crippen LogP contribution in [0.4, 0.5) is 11.5 Å². The molecule has 3 aromatic heterocycles. The van der Waals surface area contributed by atoms with Crippen LogP contribution in [-0.4, -0.2) is 31.4 Å². The number of rotatable bonds is 4. The van der Waals surface area contributed by atoms with Crippen molar-refractivity contribution in [2.75, 3.05) is 12.4 Å². The molecule has 0 aliphatic carbocycles. The van der Waals surface area contributed by atoms with Crippen LogP contribution in [-0.2, 0) is 13.7 Å². The fraction of sp³-hybridized carbons (Fsp3) is 0.167. The van der Waals surface area contributed by atoms with E-state index in [-0.39, 0.29) is 11.1 Å². The Morgan fingerprint density at radius 3 is 2.92 bits per heavy atom. The van der Waals surface area contributed by atoms with Crippen LogP contribution in [0, 0.1) is 0 Å². The molecule has 8 nitrogen and oxygen atoms in total. The largest absolute Gasteiger partial charge is 0.493 e. The smallest absolute Gasteiger partial charge is 0.265 e. The Labute approximate surface area is 148 Å². The first-order valence-corrected chi connectivity index (χ1v) is 8.00. The van der Waals surface area contributed by atoms with Crippen molar-refractivity contribution in [1.82, 2.24) is 19.2 Å². The minimum atomic E-state index is -0.427. The predicted molar refractivity (Wildman–Crippen MR) is 97.9 cm³/mol. The molecule has 1 aromatic carbocycles. The summed E-state index contributed by atoms with van der Waals surface area (Å²) in [7, 11) is 3.39. The van der Waals surface area contributed by atoms with Gasteiger partial charge in [0, 0.05) is 24.3 Å². The summed E-state index contributed by atoms with van der Waals surface area (Å²) in [6, 6.07) is 9.13. The maximum atomic E-state index is 12.7. The third-order valence-electron chi connectivity index (χ3n) is 4.30. The topological polar surface area (TPSA) is 93.7 Å². The number of anilines is 2. The van der Waals surface area contributed by atoms with E-state index in [1.54, 1.807) is 29.2 Å². The van der Waals surface area contributed by atoms with Gasteiger partial charge in [0.1, 0.15) is 5.82 Å². The molecule has 0 bridgehead atoms. The molecule has 0 saturated heterocycles. The van der Waals surface area contributed by atoms with Crippen LogP contribution in [0.3, 0.4) is 0 Å². The fourth-order valence-electron chi connectivity index (χ4n) is 2.96. The summed E-state index contributed by atoms with van der Waals surface area (Å²) in [4.78, 5) is 17.2. The van der Waals surface area contributed by atoms with Gasteiger partial charge in [-0.3, -0.25) is 13.9 Å². The highest BCUT2D eigenvalue weighted by Crippen LogP contribution is 2.24. The minimum Gasteiger partial charge on any atom is -0.493 e. The van der Waals surface area contributed by atoms with E-state index in [1.165, 1.54) is 11.5 Å². The van der Waals surface area contributed by atoms with Crippen LogP contribution in [0.5, 0.6) is 5.75 Å². The lowest BCUT2D eigenvalue weighted by Gasteiger charge is -2.13. The van der Waals surface area contributed by atoms with Gasteiger partial charge in [-0.1, -0.05) is 0 Å². The van der Waals surface area contributed by atoms with Crippen molar-refractivity contribution in [3.05, 3.63) is 58.6 Å². The van der Waals surface area contributed by atoms with E-state index in [9.17, 15) is 9.90 Å². The zero-order valence-electron chi connectivity index (χ0n) is 14.3. The Hall–Kier alpha value is -3.39. The molecule has 0 spiro atoms. The summed E-state index contributed by atoms with van der Waals surface area (Å²) in [5, 5.41) is 18.0. The van der Waals surface area contributed by atoms with Gasteiger partial charge in [0.25, 0.3) is 5.56 Å². The summed E-state index contributed by atoms with van der Waals surface area (Å²) in [5.41, 5.74) is 1.95. The number of aliphatic hydroxyl groups is 1. The Balaban J connectivity index is 1.87. The Morgan fingerprint density at radius 1 is 1.31 bits per heavy atom. The number of nitrogens with zero attached hydrogens (tertiary/aromatic N) is 4. The second-order valence-electron chi connectivity index (χ2n) is 5.84.